The summed E-state index contributed by atoms with van der Waals surface area (Å²) in [6.45, 7) is 2.28. The summed E-state index contributed by atoms with van der Waals surface area (Å²) < 4.78 is 4.49. The fourth-order valence-corrected chi connectivity index (χ4v) is 1.91. The second-order valence-electron chi connectivity index (χ2n) is 3.99. The molecular formula is C11H19NO2. The highest BCUT2D eigenvalue weighted by atomic mass is 16.5. The van der Waals surface area contributed by atoms with Crippen LogP contribution in [0.25, 0.3) is 0 Å². The molecule has 0 heterocycles. The quantitative estimate of drug-likeness (QED) is 0.554. The Hall–Kier alpha value is -0.990. The Morgan fingerprint density at radius 3 is 2.93 bits per heavy atom. The summed E-state index contributed by atoms with van der Waals surface area (Å²) >= 11 is 0. The molecule has 3 heteroatoms. The van der Waals surface area contributed by atoms with Crippen molar-refractivity contribution in [2.45, 2.75) is 38.6 Å². The summed E-state index contributed by atoms with van der Waals surface area (Å²) in [7, 11) is 1.38. The van der Waals surface area contributed by atoms with Crippen LogP contribution in [-0.4, -0.2) is 19.1 Å². The number of hydrogen-bond donors (Lipinski definition) is 1. The van der Waals surface area contributed by atoms with Crippen LogP contribution < -0.4 is 5.32 Å². The van der Waals surface area contributed by atoms with Crippen LogP contribution in [0.15, 0.2) is 12.3 Å². The first-order chi connectivity index (χ1) is 6.72. The third kappa shape index (κ3) is 3.81. The molecule has 2 unspecified atom stereocenters. The minimum absolute atomic E-state index is 0.304. The third-order valence-corrected chi connectivity index (χ3v) is 2.69. The van der Waals surface area contributed by atoms with E-state index in [-0.39, 0.29) is 5.97 Å². The molecule has 0 bridgehead atoms. The van der Waals surface area contributed by atoms with Gasteiger partial charge in [-0.3, -0.25) is 0 Å². The average molecular weight is 197 g/mol. The first kappa shape index (κ1) is 11.1. The van der Waals surface area contributed by atoms with E-state index in [9.17, 15) is 4.79 Å². The molecule has 0 spiro atoms. The van der Waals surface area contributed by atoms with Crippen LogP contribution in [0.2, 0.25) is 0 Å². The summed E-state index contributed by atoms with van der Waals surface area (Å²) in [6, 6.07) is 0.527. The van der Waals surface area contributed by atoms with Crippen LogP contribution >= 0.6 is 0 Å². The lowest BCUT2D eigenvalue weighted by molar-refractivity contribution is -0.134. The van der Waals surface area contributed by atoms with Crippen molar-refractivity contribution in [3.8, 4) is 0 Å². The smallest absolute Gasteiger partial charge is 0.331 e. The third-order valence-electron chi connectivity index (χ3n) is 2.69. The van der Waals surface area contributed by atoms with Gasteiger partial charge in [-0.25, -0.2) is 4.79 Å². The number of carbonyl (C=O) groups excluding carboxylic acids is 1. The van der Waals surface area contributed by atoms with Gasteiger partial charge in [0.25, 0.3) is 0 Å². The number of rotatable bonds is 3. The van der Waals surface area contributed by atoms with Crippen LogP contribution in [0.4, 0.5) is 0 Å². The van der Waals surface area contributed by atoms with Gasteiger partial charge in [0.05, 0.1) is 7.11 Å². The largest absolute Gasteiger partial charge is 0.466 e. The molecule has 1 rings (SSSR count). The number of methoxy groups -OCH3 is 1. The average Bonchev–Trinajstić information content (AvgIpc) is 2.17. The summed E-state index contributed by atoms with van der Waals surface area (Å²) in [5, 5.41) is 3.24. The van der Waals surface area contributed by atoms with E-state index in [1.54, 1.807) is 6.20 Å². The monoisotopic (exact) mass is 197 g/mol. The van der Waals surface area contributed by atoms with E-state index >= 15 is 0 Å². The van der Waals surface area contributed by atoms with E-state index in [0.29, 0.717) is 6.04 Å². The summed E-state index contributed by atoms with van der Waals surface area (Å²) in [4.78, 5) is 10.8. The number of hydrogen-bond acceptors (Lipinski definition) is 3. The number of ether oxygens (including phenoxy) is 1. The zero-order valence-corrected chi connectivity index (χ0v) is 8.95. The van der Waals surface area contributed by atoms with Crippen molar-refractivity contribution in [2.24, 2.45) is 5.92 Å². The van der Waals surface area contributed by atoms with E-state index < -0.39 is 0 Å². The van der Waals surface area contributed by atoms with Gasteiger partial charge in [-0.15, -0.1) is 0 Å². The van der Waals surface area contributed by atoms with Gasteiger partial charge in [-0.1, -0.05) is 19.8 Å². The molecule has 0 aliphatic heterocycles. The van der Waals surface area contributed by atoms with Gasteiger partial charge in [0, 0.05) is 18.3 Å². The second-order valence-corrected chi connectivity index (χ2v) is 3.99. The second kappa shape index (κ2) is 5.68. The molecule has 0 aromatic heterocycles. The van der Waals surface area contributed by atoms with Gasteiger partial charge in [0.2, 0.25) is 0 Å². The Bertz CT molecular complexity index is 213. The first-order valence-corrected chi connectivity index (χ1v) is 5.23. The minimum atomic E-state index is -0.304. The normalized spacial score (nSPS) is 27.6. The minimum Gasteiger partial charge on any atom is -0.466 e. The fourth-order valence-electron chi connectivity index (χ4n) is 1.91. The maximum atomic E-state index is 10.8. The zero-order chi connectivity index (χ0) is 10.4. The van der Waals surface area contributed by atoms with E-state index in [1.807, 2.05) is 0 Å². The molecule has 0 radical (unpaired) electrons. The fraction of sp³-hybridized carbons (Fsp3) is 0.727. The Kier molecular flexibility index (Phi) is 4.50. The molecular weight excluding hydrogens is 178 g/mol. The standard InChI is InChI=1S/C11H19NO2/c1-9-4-3-5-10(8-9)12-7-6-11(13)14-2/h6-7,9-10,12H,3-5,8H2,1-2H3/b7-6+. The molecule has 1 N–H and O–H groups in total. The van der Waals surface area contributed by atoms with Gasteiger partial charge >= 0.3 is 5.97 Å². The Morgan fingerprint density at radius 1 is 1.50 bits per heavy atom. The summed E-state index contributed by atoms with van der Waals surface area (Å²) in [5.41, 5.74) is 0. The molecule has 1 saturated carbocycles. The predicted molar refractivity (Wildman–Crippen MR) is 55.7 cm³/mol. The van der Waals surface area contributed by atoms with Gasteiger partial charge in [0.15, 0.2) is 0 Å². The van der Waals surface area contributed by atoms with Crippen molar-refractivity contribution in [2.75, 3.05) is 7.11 Å². The molecule has 0 aromatic rings. The zero-order valence-electron chi connectivity index (χ0n) is 8.95. The number of nitrogens with one attached hydrogen (secondary N) is 1. The van der Waals surface area contributed by atoms with E-state index in [0.717, 1.165) is 5.92 Å². The highest BCUT2D eigenvalue weighted by molar-refractivity contribution is 5.81. The van der Waals surface area contributed by atoms with Crippen LogP contribution in [-0.2, 0) is 9.53 Å². The van der Waals surface area contributed by atoms with E-state index in [1.165, 1.54) is 38.9 Å². The maximum Gasteiger partial charge on any atom is 0.331 e. The molecule has 1 aliphatic carbocycles. The lowest BCUT2D eigenvalue weighted by Crippen LogP contribution is -2.29. The maximum absolute atomic E-state index is 10.8. The van der Waals surface area contributed by atoms with Gasteiger partial charge in [-0.2, -0.15) is 0 Å². The van der Waals surface area contributed by atoms with E-state index in [4.69, 9.17) is 0 Å². The van der Waals surface area contributed by atoms with Crippen molar-refractivity contribution >= 4 is 5.97 Å². The summed E-state index contributed by atoms with van der Waals surface area (Å²) in [5.74, 6) is 0.495. The van der Waals surface area contributed by atoms with Crippen LogP contribution in [0.5, 0.6) is 0 Å². The van der Waals surface area contributed by atoms with Crippen molar-refractivity contribution in [1.29, 1.82) is 0 Å². The molecule has 2 atom stereocenters. The Balaban J connectivity index is 2.23. The Morgan fingerprint density at radius 2 is 2.29 bits per heavy atom. The summed E-state index contributed by atoms with van der Waals surface area (Å²) in [6.07, 6.45) is 8.15. The van der Waals surface area contributed by atoms with Crippen LogP contribution in [0, 0.1) is 5.92 Å². The molecule has 14 heavy (non-hydrogen) atoms. The molecule has 1 fully saturated rings. The van der Waals surface area contributed by atoms with Crippen molar-refractivity contribution in [1.82, 2.24) is 5.32 Å². The van der Waals surface area contributed by atoms with Gasteiger partial charge < -0.3 is 10.1 Å². The molecule has 0 amide bonds. The molecule has 1 aliphatic rings. The van der Waals surface area contributed by atoms with Crippen LogP contribution in [0.3, 0.4) is 0 Å². The lowest BCUT2D eigenvalue weighted by atomic mass is 9.87. The van der Waals surface area contributed by atoms with E-state index in [2.05, 4.69) is 17.0 Å². The number of carbonyl (C=O) groups is 1. The van der Waals surface area contributed by atoms with Crippen molar-refractivity contribution in [3.05, 3.63) is 12.3 Å². The highest BCUT2D eigenvalue weighted by Crippen LogP contribution is 2.23. The molecule has 3 nitrogen and oxygen atoms in total. The number of esters is 1. The van der Waals surface area contributed by atoms with Crippen LogP contribution in [0.1, 0.15) is 32.6 Å². The lowest BCUT2D eigenvalue weighted by Gasteiger charge is -2.26. The van der Waals surface area contributed by atoms with Crippen molar-refractivity contribution < 1.29 is 9.53 Å². The SMILES string of the molecule is COC(=O)/C=C/NC1CCCC(C)C1. The topological polar surface area (TPSA) is 38.3 Å². The van der Waals surface area contributed by atoms with Gasteiger partial charge in [-0.05, 0) is 18.8 Å². The first-order valence-electron chi connectivity index (χ1n) is 5.23. The van der Waals surface area contributed by atoms with Crippen molar-refractivity contribution in [3.63, 3.8) is 0 Å². The molecule has 0 saturated heterocycles. The molecule has 80 valence electrons. The molecule has 0 aromatic carbocycles. The predicted octanol–water partition coefficient (Wildman–Crippen LogP) is 1.84. The Labute approximate surface area is 85.5 Å². The van der Waals surface area contributed by atoms with Gasteiger partial charge in [0.1, 0.15) is 0 Å². The highest BCUT2D eigenvalue weighted by Gasteiger charge is 2.16.